The zero-order valence-electron chi connectivity index (χ0n) is 17.9. The highest BCUT2D eigenvalue weighted by molar-refractivity contribution is 6.03. The molecule has 2 aromatic rings. The number of hydrogen-bond acceptors (Lipinski definition) is 6. The fraction of sp³-hybridized carbons (Fsp3) is 0.571. The summed E-state index contributed by atoms with van der Waals surface area (Å²) in [5.74, 6) is -0.110. The number of esters is 2. The molecule has 0 radical (unpaired) electrons. The number of carbonyl (C=O) groups is 2. The lowest BCUT2D eigenvalue weighted by molar-refractivity contribution is -0.155. The number of aryl methyl sites for hydroxylation is 1. The summed E-state index contributed by atoms with van der Waals surface area (Å²) in [4.78, 5) is 29.4. The average Bonchev–Trinajstić information content (AvgIpc) is 2.83. The molecule has 154 valence electrons. The normalized spacial score (nSPS) is 12.2. The molecule has 0 saturated heterocycles. The third-order valence-electron chi connectivity index (χ3n) is 3.84. The number of carbonyl (C=O) groups excluding carboxylic acids is 2. The molecule has 0 atom stereocenters. The van der Waals surface area contributed by atoms with Gasteiger partial charge < -0.3 is 19.8 Å². The van der Waals surface area contributed by atoms with E-state index in [1.807, 2.05) is 32.3 Å². The van der Waals surface area contributed by atoms with Crippen molar-refractivity contribution in [3.8, 4) is 0 Å². The maximum atomic E-state index is 12.5. The number of anilines is 1. The number of nitrogens with zero attached hydrogens (tertiary/aromatic N) is 2. The van der Waals surface area contributed by atoms with Gasteiger partial charge in [-0.1, -0.05) is 6.92 Å². The largest absolute Gasteiger partial charge is 0.459 e. The Hall–Kier alpha value is -2.57. The first-order chi connectivity index (χ1) is 12.8. The lowest BCUT2D eigenvalue weighted by Crippen LogP contribution is -2.27. The van der Waals surface area contributed by atoms with Crippen molar-refractivity contribution in [1.82, 2.24) is 9.55 Å². The molecule has 7 nitrogen and oxygen atoms in total. The maximum Gasteiger partial charge on any atom is 0.340 e. The molecule has 0 aliphatic carbocycles. The number of fused-ring (bicyclic) bond motifs is 1. The quantitative estimate of drug-likeness (QED) is 0.616. The highest BCUT2D eigenvalue weighted by Crippen LogP contribution is 2.28. The molecule has 1 aromatic heterocycles. The second-order valence-electron chi connectivity index (χ2n) is 8.85. The zero-order chi connectivity index (χ0) is 21.3. The highest BCUT2D eigenvalue weighted by Gasteiger charge is 2.24. The Morgan fingerprint density at radius 1 is 1.07 bits per heavy atom. The van der Waals surface area contributed by atoms with E-state index in [0.717, 1.165) is 12.2 Å². The van der Waals surface area contributed by atoms with Crippen molar-refractivity contribution < 1.29 is 19.1 Å². The first-order valence-corrected chi connectivity index (χ1v) is 9.55. The maximum absolute atomic E-state index is 12.5. The Morgan fingerprint density at radius 2 is 1.68 bits per heavy atom. The lowest BCUT2D eigenvalue weighted by Gasteiger charge is -2.20. The van der Waals surface area contributed by atoms with Crippen LogP contribution in [0, 0.1) is 0 Å². The van der Waals surface area contributed by atoms with Crippen LogP contribution in [0.5, 0.6) is 0 Å². The number of rotatable bonds is 5. The van der Waals surface area contributed by atoms with Gasteiger partial charge in [-0.15, -0.1) is 0 Å². The standard InChI is InChI=1S/C21H31N3O4/c1-8-9-15-23-18-14(24(15)12-16(25)27-20(2,3)4)11-10-13(17(18)22)19(26)28-21(5,6)7/h10-11H,8-9,12,22H2,1-7H3. The summed E-state index contributed by atoms with van der Waals surface area (Å²) in [7, 11) is 0. The molecule has 0 aliphatic rings. The van der Waals surface area contributed by atoms with E-state index in [9.17, 15) is 9.59 Å². The molecule has 7 heteroatoms. The lowest BCUT2D eigenvalue weighted by atomic mass is 10.1. The Morgan fingerprint density at radius 3 is 2.21 bits per heavy atom. The van der Waals surface area contributed by atoms with Crippen LogP contribution in [0.1, 0.15) is 71.1 Å². The second-order valence-corrected chi connectivity index (χ2v) is 8.85. The molecule has 1 heterocycles. The summed E-state index contributed by atoms with van der Waals surface area (Å²) >= 11 is 0. The minimum Gasteiger partial charge on any atom is -0.459 e. The van der Waals surface area contributed by atoms with Gasteiger partial charge in [0.1, 0.15) is 29.1 Å². The second kappa shape index (κ2) is 7.81. The number of ether oxygens (including phenoxy) is 2. The number of nitrogens with two attached hydrogens (primary N) is 1. The Bertz CT molecular complexity index is 886. The van der Waals surface area contributed by atoms with E-state index in [0.29, 0.717) is 17.5 Å². The molecule has 2 N–H and O–H groups in total. The number of nitrogen functional groups attached to an aromatic ring is 1. The van der Waals surface area contributed by atoms with E-state index in [2.05, 4.69) is 4.98 Å². The van der Waals surface area contributed by atoms with E-state index in [1.54, 1.807) is 32.9 Å². The minimum absolute atomic E-state index is 0.0360. The molecule has 0 aliphatic heterocycles. The average molecular weight is 389 g/mol. The van der Waals surface area contributed by atoms with Gasteiger partial charge in [0.2, 0.25) is 0 Å². The fourth-order valence-electron chi connectivity index (χ4n) is 2.87. The smallest absolute Gasteiger partial charge is 0.340 e. The van der Waals surface area contributed by atoms with Gasteiger partial charge in [0, 0.05) is 6.42 Å². The predicted molar refractivity (Wildman–Crippen MR) is 109 cm³/mol. The van der Waals surface area contributed by atoms with E-state index >= 15 is 0 Å². The molecule has 0 bridgehead atoms. The monoisotopic (exact) mass is 389 g/mol. The Labute approximate surface area is 166 Å². The van der Waals surface area contributed by atoms with Crippen molar-refractivity contribution in [3.63, 3.8) is 0 Å². The van der Waals surface area contributed by atoms with Crippen LogP contribution in [0.15, 0.2) is 12.1 Å². The number of imidazole rings is 1. The van der Waals surface area contributed by atoms with Gasteiger partial charge in [-0.25, -0.2) is 9.78 Å². The molecule has 0 fully saturated rings. The molecular formula is C21H31N3O4. The van der Waals surface area contributed by atoms with E-state index < -0.39 is 17.2 Å². The summed E-state index contributed by atoms with van der Waals surface area (Å²) in [6, 6.07) is 3.37. The van der Waals surface area contributed by atoms with E-state index in [1.165, 1.54) is 0 Å². The van der Waals surface area contributed by atoms with Gasteiger partial charge in [0.15, 0.2) is 0 Å². The third kappa shape index (κ3) is 5.24. The zero-order valence-corrected chi connectivity index (χ0v) is 17.9. The van der Waals surface area contributed by atoms with Crippen molar-refractivity contribution in [2.75, 3.05) is 5.73 Å². The molecule has 0 spiro atoms. The molecule has 0 unspecified atom stereocenters. The van der Waals surface area contributed by atoms with Crippen molar-refractivity contribution >= 4 is 28.7 Å². The molecule has 0 amide bonds. The topological polar surface area (TPSA) is 96.4 Å². The van der Waals surface area contributed by atoms with Crippen LogP contribution < -0.4 is 5.73 Å². The van der Waals surface area contributed by atoms with Crippen LogP contribution in [-0.4, -0.2) is 32.7 Å². The van der Waals surface area contributed by atoms with Crippen LogP contribution >= 0.6 is 0 Å². The minimum atomic E-state index is -0.623. The van der Waals surface area contributed by atoms with Gasteiger partial charge in [-0.05, 0) is 60.1 Å². The molecule has 0 saturated carbocycles. The van der Waals surface area contributed by atoms with Gasteiger partial charge in [0.05, 0.1) is 16.8 Å². The molecule has 28 heavy (non-hydrogen) atoms. The number of aromatic nitrogens is 2. The molecule has 1 aromatic carbocycles. The molecular weight excluding hydrogens is 358 g/mol. The van der Waals surface area contributed by atoms with Crippen molar-refractivity contribution in [2.45, 2.75) is 79.1 Å². The number of hydrogen-bond donors (Lipinski definition) is 1. The Balaban J connectivity index is 2.48. The summed E-state index contributed by atoms with van der Waals surface area (Å²) in [6.45, 7) is 13.0. The SMILES string of the molecule is CCCc1nc2c(N)c(C(=O)OC(C)(C)C)ccc2n1CC(=O)OC(C)(C)C. The number of benzene rings is 1. The van der Waals surface area contributed by atoms with Crippen LogP contribution in [-0.2, 0) is 27.2 Å². The van der Waals surface area contributed by atoms with Crippen LogP contribution in [0.2, 0.25) is 0 Å². The first-order valence-electron chi connectivity index (χ1n) is 9.55. The van der Waals surface area contributed by atoms with Crippen LogP contribution in [0.25, 0.3) is 11.0 Å². The highest BCUT2D eigenvalue weighted by atomic mass is 16.6. The van der Waals surface area contributed by atoms with E-state index in [4.69, 9.17) is 15.2 Å². The first kappa shape index (κ1) is 21.7. The van der Waals surface area contributed by atoms with Crippen molar-refractivity contribution in [1.29, 1.82) is 0 Å². The third-order valence-corrected chi connectivity index (χ3v) is 3.84. The fourth-order valence-corrected chi connectivity index (χ4v) is 2.87. The van der Waals surface area contributed by atoms with Crippen molar-refractivity contribution in [3.05, 3.63) is 23.5 Å². The summed E-state index contributed by atoms with van der Waals surface area (Å²) in [6.07, 6.45) is 1.54. The van der Waals surface area contributed by atoms with E-state index in [-0.39, 0.29) is 23.8 Å². The summed E-state index contributed by atoms with van der Waals surface area (Å²) < 4.78 is 12.7. The van der Waals surface area contributed by atoms with Crippen LogP contribution in [0.3, 0.4) is 0 Å². The van der Waals surface area contributed by atoms with Gasteiger partial charge >= 0.3 is 11.9 Å². The van der Waals surface area contributed by atoms with Gasteiger partial charge in [-0.3, -0.25) is 4.79 Å². The summed E-state index contributed by atoms with van der Waals surface area (Å²) in [5, 5.41) is 0. The van der Waals surface area contributed by atoms with Crippen molar-refractivity contribution in [2.24, 2.45) is 0 Å². The van der Waals surface area contributed by atoms with Gasteiger partial charge in [0.25, 0.3) is 0 Å². The summed E-state index contributed by atoms with van der Waals surface area (Å²) in [5.41, 5.74) is 6.78. The molecule has 2 rings (SSSR count). The van der Waals surface area contributed by atoms with Gasteiger partial charge in [-0.2, -0.15) is 0 Å². The Kier molecular flexibility index (Phi) is 6.06. The predicted octanol–water partition coefficient (Wildman–Crippen LogP) is 3.87. The van der Waals surface area contributed by atoms with Crippen LogP contribution in [0.4, 0.5) is 5.69 Å².